The number of anilines is 6. The fraction of sp³-hybridized carbons (Fsp3) is 0.312. The van der Waals surface area contributed by atoms with Crippen LogP contribution in [-0.4, -0.2) is 145 Å². The Morgan fingerprint density at radius 3 is 1.17 bits per heavy atom. The van der Waals surface area contributed by atoms with Crippen molar-refractivity contribution in [1.82, 2.24) is 81.3 Å². The van der Waals surface area contributed by atoms with Gasteiger partial charge >= 0.3 is 48.7 Å². The SMILES string of the molecule is CC(C)(C)c1cc(NC(=O)Nc2ccncn2)n(-c2ccc(CN3C(C)(C)C(=O)NS3(=O)=O)cc2)n1.CC(C)(C)c1cc(NC(=O)Nc2nc(-c3ccccc3)cs2)n(-c2ccc(CN3C(C)(C)C(=O)NS3(=O)=O)cc2)n1.CC(C)(C)c1cc(NC(=O)Nc2nc3ccccc3[nH]2)n(-c2ccc(CN3C(C)(C)C(=O)NS3(=O)=O)cc2)n1. The average molecular weight is 1660 g/mol. The van der Waals surface area contributed by atoms with E-state index >= 15 is 0 Å². The molecule has 0 radical (unpaired) electrons. The summed E-state index contributed by atoms with van der Waals surface area (Å²) < 4.78 is 89.0. The van der Waals surface area contributed by atoms with Gasteiger partial charge in [0.05, 0.1) is 50.9 Å². The van der Waals surface area contributed by atoms with Crippen molar-refractivity contribution in [3.05, 3.63) is 203 Å². The molecule has 39 heteroatoms. The molecule has 116 heavy (non-hydrogen) atoms. The minimum Gasteiger partial charge on any atom is -0.324 e. The summed E-state index contributed by atoms with van der Waals surface area (Å²) in [4.78, 5) is 94.6. The number of hydrogen-bond donors (Lipinski definition) is 10. The molecule has 0 atom stereocenters. The smallest absolute Gasteiger partial charge is 0.324 e. The van der Waals surface area contributed by atoms with Crippen LogP contribution in [-0.2, 0) is 80.9 Å². The van der Waals surface area contributed by atoms with Crippen molar-refractivity contribution in [3.8, 4) is 28.3 Å². The first kappa shape index (κ1) is 83.3. The highest BCUT2D eigenvalue weighted by molar-refractivity contribution is 7.88. The Morgan fingerprint density at radius 2 is 0.819 bits per heavy atom. The zero-order valence-corrected chi connectivity index (χ0v) is 69.4. The number of H-pyrrole nitrogens is 1. The van der Waals surface area contributed by atoms with E-state index in [1.165, 1.54) is 23.9 Å². The number of nitrogens with one attached hydrogen (secondary N) is 10. The van der Waals surface area contributed by atoms with Crippen LogP contribution < -0.4 is 46.1 Å². The standard InChI is InChI=1S/C28H31N7O4S2.C26H30N8O4S.C23H28N8O4S/c1-27(2,3)22-15-23(30-25(37)31-26-29-21(17-40-26)19-9-7-6-8-10-19)35(32-22)20-13-11-18(12-14-20)16-34-28(4,5)24(36)33-41(34,38)39;1-25(2,3)20-14-21(29-24(36)30-23-27-18-8-6-7-9-19(18)28-23)34(31-20)17-12-10-16(11-13-17)15-33-26(4,5)22(35)32-39(33,37)38;1-22(2,3)17-12-19(27-21(33)26-18-10-11-24-14-25-18)31(28-17)16-8-6-15(7-9-16)13-30-23(4,5)20(32)29-36(30,34)35/h6-15,17H,16H2,1-5H3,(H,33,36)(H2,29,30,31,37);6-14H,15H2,1-5H3,(H,32,35)(H3,27,28,29,30,36);6-12,14H,13H2,1-5H3,(H,29,32)(H2,24,25,26,27,33). The van der Waals surface area contributed by atoms with Gasteiger partial charge in [-0.1, -0.05) is 141 Å². The Kier molecular flexibility index (Phi) is 22.7. The van der Waals surface area contributed by atoms with Crippen LogP contribution in [0.1, 0.15) is 138 Å². The topological polar surface area (TPSA) is 444 Å². The van der Waals surface area contributed by atoms with E-state index in [-0.39, 0.29) is 35.9 Å². The number of amides is 9. The van der Waals surface area contributed by atoms with Gasteiger partial charge in [-0.3, -0.25) is 46.3 Å². The van der Waals surface area contributed by atoms with Crippen LogP contribution in [0.4, 0.5) is 48.7 Å². The highest BCUT2D eigenvalue weighted by atomic mass is 32.2. The number of urea groups is 3. The summed E-state index contributed by atoms with van der Waals surface area (Å²) in [5.74, 6) is 0.302. The van der Waals surface area contributed by atoms with E-state index in [0.717, 1.165) is 52.3 Å². The Balaban J connectivity index is 0.000000161. The Labute approximate surface area is 674 Å². The number of carbonyl (C=O) groups excluding carboxylic acids is 6. The van der Waals surface area contributed by atoms with Gasteiger partial charge in [0, 0.05) is 71.2 Å². The second kappa shape index (κ2) is 31.6. The first-order valence-corrected chi connectivity index (χ1v) is 41.6. The second-order valence-corrected chi connectivity index (χ2v) is 37.7. The average Bonchev–Trinajstić information content (AvgIpc) is 1.61. The molecule has 5 aromatic carbocycles. The maximum Gasteiger partial charge on any atom is 0.327 e. The molecule has 6 aromatic heterocycles. The van der Waals surface area contributed by atoms with E-state index in [2.05, 4.69) is 71.4 Å². The van der Waals surface area contributed by atoms with Gasteiger partial charge in [0.15, 0.2) is 5.13 Å². The van der Waals surface area contributed by atoms with E-state index in [9.17, 15) is 54.0 Å². The van der Waals surface area contributed by atoms with Crippen LogP contribution in [0.5, 0.6) is 0 Å². The lowest BCUT2D eigenvalue weighted by Gasteiger charge is -2.25. The lowest BCUT2D eigenvalue weighted by molar-refractivity contribution is -0.125. The minimum absolute atomic E-state index is 0.0196. The summed E-state index contributed by atoms with van der Waals surface area (Å²) in [6.07, 6.45) is 2.85. The van der Waals surface area contributed by atoms with Crippen LogP contribution in [0.2, 0.25) is 0 Å². The lowest BCUT2D eigenvalue weighted by Crippen LogP contribution is -2.43. The molecule has 3 aliphatic heterocycles. The summed E-state index contributed by atoms with van der Waals surface area (Å²) in [6.45, 7) is 27.6. The van der Waals surface area contributed by atoms with E-state index in [1.807, 2.05) is 139 Å². The molecular weight excluding hydrogens is 1570 g/mol. The summed E-state index contributed by atoms with van der Waals surface area (Å²) >= 11 is 1.33. The van der Waals surface area contributed by atoms with Crippen LogP contribution in [0.3, 0.4) is 0 Å². The zero-order valence-electron chi connectivity index (χ0n) is 66.1. The third kappa shape index (κ3) is 18.5. The summed E-state index contributed by atoms with van der Waals surface area (Å²) in [6, 6.07) is 44.0. The number of imidazole rings is 1. The fourth-order valence-corrected chi connectivity index (χ4v) is 17.5. The van der Waals surface area contributed by atoms with Crippen molar-refractivity contribution >= 4 is 123 Å². The van der Waals surface area contributed by atoms with E-state index in [4.69, 9.17) is 10.2 Å². The Hall–Kier alpha value is -12.1. The molecule has 11 aromatic rings. The summed E-state index contributed by atoms with van der Waals surface area (Å²) in [7, 11) is -11.7. The zero-order chi connectivity index (χ0) is 84.0. The molecule has 0 spiro atoms. The molecule has 9 amide bonds. The van der Waals surface area contributed by atoms with E-state index in [0.29, 0.717) is 68.1 Å². The van der Waals surface area contributed by atoms with Gasteiger partial charge in [0.1, 0.15) is 46.2 Å². The van der Waals surface area contributed by atoms with Crippen LogP contribution >= 0.6 is 11.3 Å². The number of hydrogen-bond acceptors (Lipinski definition) is 20. The molecule has 10 N–H and O–H groups in total. The molecule has 608 valence electrons. The molecule has 3 fully saturated rings. The number of aromatic amines is 1. The maximum absolute atomic E-state index is 13.0. The number of fused-ring (bicyclic) bond motifs is 1. The molecule has 0 bridgehead atoms. The Bertz CT molecular complexity index is 5890. The van der Waals surface area contributed by atoms with Crippen LogP contribution in [0, 0.1) is 0 Å². The van der Waals surface area contributed by atoms with Crippen LogP contribution in [0.25, 0.3) is 39.4 Å². The first-order chi connectivity index (χ1) is 54.2. The third-order valence-electron chi connectivity index (χ3n) is 19.0. The highest BCUT2D eigenvalue weighted by Gasteiger charge is 2.52. The molecule has 0 saturated carbocycles. The van der Waals surface area contributed by atoms with Gasteiger partial charge in [-0.05, 0) is 113 Å². The maximum atomic E-state index is 13.0. The van der Waals surface area contributed by atoms with Gasteiger partial charge in [0.25, 0.3) is 17.7 Å². The highest BCUT2D eigenvalue weighted by Crippen LogP contribution is 2.35. The van der Waals surface area contributed by atoms with Crippen LogP contribution in [0.15, 0.2) is 170 Å². The Morgan fingerprint density at radius 1 is 0.448 bits per heavy atom. The normalized spacial score (nSPS) is 16.7. The molecular formula is C77H89N23O12S4. The molecule has 35 nitrogen and oxygen atoms in total. The molecule has 0 aliphatic carbocycles. The molecule has 9 heterocycles. The largest absolute Gasteiger partial charge is 0.327 e. The summed E-state index contributed by atoms with van der Waals surface area (Å²) in [5, 5.41) is 33.2. The van der Waals surface area contributed by atoms with Gasteiger partial charge in [-0.2, -0.15) is 53.5 Å². The van der Waals surface area contributed by atoms with Crippen molar-refractivity contribution in [2.75, 3.05) is 31.9 Å². The van der Waals surface area contributed by atoms with Crippen molar-refractivity contribution < 1.29 is 54.0 Å². The van der Waals surface area contributed by atoms with Crippen molar-refractivity contribution in [2.24, 2.45) is 0 Å². The fourth-order valence-electron chi connectivity index (χ4n) is 12.0. The van der Waals surface area contributed by atoms with Gasteiger partial charge in [-0.25, -0.2) is 62.5 Å². The first-order valence-electron chi connectivity index (χ1n) is 36.4. The predicted molar refractivity (Wildman–Crippen MR) is 440 cm³/mol. The quantitative estimate of drug-likeness (QED) is 0.0429. The third-order valence-corrected chi connectivity index (χ3v) is 24.6. The predicted octanol–water partition coefficient (Wildman–Crippen LogP) is 11.1. The monoisotopic (exact) mass is 1660 g/mol. The number of carbonyl (C=O) groups is 6. The van der Waals surface area contributed by atoms with E-state index in [1.54, 1.807) is 141 Å². The van der Waals surface area contributed by atoms with Crippen molar-refractivity contribution in [3.63, 3.8) is 0 Å². The van der Waals surface area contributed by atoms with Crippen molar-refractivity contribution in [1.29, 1.82) is 0 Å². The molecule has 0 unspecified atom stereocenters. The van der Waals surface area contributed by atoms with Crippen molar-refractivity contribution in [2.45, 2.75) is 156 Å². The number of benzene rings is 5. The molecule has 14 rings (SSSR count). The number of rotatable bonds is 16. The second-order valence-electron chi connectivity index (χ2n) is 32.1. The minimum atomic E-state index is -3.92. The molecule has 3 saturated heterocycles. The van der Waals surface area contributed by atoms with Gasteiger partial charge < -0.3 is 4.98 Å². The molecule has 3 aliphatic rings. The number of para-hydroxylation sites is 2. The number of nitrogens with zero attached hydrogens (tertiary/aromatic N) is 13. The summed E-state index contributed by atoms with van der Waals surface area (Å²) in [5.41, 5.74) is 5.16. The van der Waals surface area contributed by atoms with Gasteiger partial charge in [-0.15, -0.1) is 11.3 Å². The van der Waals surface area contributed by atoms with Gasteiger partial charge in [0.2, 0.25) is 5.95 Å². The number of aromatic nitrogens is 11. The lowest BCUT2D eigenvalue weighted by atomic mass is 9.92. The van der Waals surface area contributed by atoms with E-state index < -0.39 is 83.1 Å². The number of thiazole rings is 1.